The number of hydrogen-bond donors (Lipinski definition) is 1. The second-order valence-corrected chi connectivity index (χ2v) is 1.72. The van der Waals surface area contributed by atoms with E-state index in [0.717, 1.165) is 6.21 Å². The van der Waals surface area contributed by atoms with Crippen molar-refractivity contribution >= 4 is 17.8 Å². The summed E-state index contributed by atoms with van der Waals surface area (Å²) in [6.07, 6.45) is 2.25. The molecule has 1 aliphatic heterocycles. The van der Waals surface area contributed by atoms with E-state index in [4.69, 9.17) is 11.6 Å². The molecule has 0 spiro atoms. The van der Waals surface area contributed by atoms with Gasteiger partial charge in [0.15, 0.2) is 11.5 Å². The van der Waals surface area contributed by atoms with Crippen molar-refractivity contribution in [3.05, 3.63) is 12.0 Å². The first-order valence-electron chi connectivity index (χ1n) is 2.08. The summed E-state index contributed by atoms with van der Waals surface area (Å²) in [4.78, 5) is 3.50. The minimum atomic E-state index is -0.505. The molecule has 1 aliphatic rings. The van der Waals surface area contributed by atoms with E-state index >= 15 is 0 Å². The maximum absolute atomic E-state index is 11.9. The van der Waals surface area contributed by atoms with Gasteiger partial charge in [0.1, 0.15) is 0 Å². The first-order valence-corrected chi connectivity index (χ1v) is 2.51. The molecule has 0 aromatic heterocycles. The van der Waals surface area contributed by atoms with Gasteiger partial charge >= 0.3 is 0 Å². The molecule has 0 saturated carbocycles. The molecule has 1 atom stereocenters. The summed E-state index contributed by atoms with van der Waals surface area (Å²) in [6, 6.07) is 0. The third-order valence-electron chi connectivity index (χ3n) is 0.687. The predicted molar refractivity (Wildman–Crippen MR) is 30.5 cm³/mol. The quantitative estimate of drug-likeness (QED) is 0.388. The van der Waals surface area contributed by atoms with Crippen molar-refractivity contribution in [2.45, 2.75) is 5.62 Å². The lowest BCUT2D eigenvalue weighted by Gasteiger charge is -2.06. The van der Waals surface area contributed by atoms with Crippen LogP contribution in [-0.4, -0.2) is 11.8 Å². The van der Waals surface area contributed by atoms with Crippen LogP contribution in [0.15, 0.2) is 17.0 Å². The van der Waals surface area contributed by atoms with Crippen molar-refractivity contribution in [2.24, 2.45) is 4.99 Å². The van der Waals surface area contributed by atoms with Crippen LogP contribution in [0, 0.1) is 0 Å². The van der Waals surface area contributed by atoms with Gasteiger partial charge in [-0.1, -0.05) is 11.6 Å². The Bertz CT molecular complexity index is 143. The summed E-state index contributed by atoms with van der Waals surface area (Å²) in [7, 11) is 0. The monoisotopic (exact) mass is 134 g/mol. The average Bonchev–Trinajstić information content (AvgIpc) is 1.77. The highest BCUT2D eigenvalue weighted by molar-refractivity contribution is 6.20. The molecule has 2 nitrogen and oxygen atoms in total. The second-order valence-electron chi connectivity index (χ2n) is 1.31. The van der Waals surface area contributed by atoms with Gasteiger partial charge in [0, 0.05) is 6.20 Å². The Balaban J connectivity index is 2.58. The first kappa shape index (κ1) is 5.56. The molecule has 0 bridgehead atoms. The number of hydrogen-bond acceptors (Lipinski definition) is 2. The zero-order chi connectivity index (χ0) is 5.98. The largest absolute Gasteiger partial charge is 0.355 e. The molecule has 0 fully saturated rings. The van der Waals surface area contributed by atoms with Gasteiger partial charge in [0.05, 0.1) is 6.21 Å². The summed E-state index contributed by atoms with van der Waals surface area (Å²) >= 11 is 5.36. The smallest absolute Gasteiger partial charge is 0.195 e. The van der Waals surface area contributed by atoms with E-state index in [0.29, 0.717) is 0 Å². The fraction of sp³-hybridized carbons (Fsp3) is 0.250. The molecular weight excluding hydrogens is 131 g/mol. The maximum Gasteiger partial charge on any atom is 0.195 e. The van der Waals surface area contributed by atoms with Gasteiger partial charge in [0.25, 0.3) is 0 Å². The van der Waals surface area contributed by atoms with Gasteiger partial charge in [-0.2, -0.15) is 0 Å². The Morgan fingerprint density at radius 3 is 3.00 bits per heavy atom. The fourth-order valence-corrected chi connectivity index (χ4v) is 0.485. The lowest BCUT2D eigenvalue weighted by molar-refractivity contribution is 0.649. The lowest BCUT2D eigenvalue weighted by Crippen LogP contribution is -2.18. The Kier molecular flexibility index (Phi) is 1.48. The summed E-state index contributed by atoms with van der Waals surface area (Å²) < 4.78 is 11.9. The summed E-state index contributed by atoms with van der Waals surface area (Å²) in [5, 5.41) is 2.46. The van der Waals surface area contributed by atoms with Crippen molar-refractivity contribution in [3.8, 4) is 0 Å². The predicted octanol–water partition coefficient (Wildman–Crippen LogP) is 0.994. The summed E-state index contributed by atoms with van der Waals surface area (Å²) in [6.45, 7) is 0. The molecule has 0 radical (unpaired) electrons. The second kappa shape index (κ2) is 2.13. The van der Waals surface area contributed by atoms with Gasteiger partial charge in [-0.25, -0.2) is 4.39 Å². The zero-order valence-corrected chi connectivity index (χ0v) is 4.69. The van der Waals surface area contributed by atoms with Crippen LogP contribution in [0.5, 0.6) is 0 Å². The standard InChI is InChI=1S/C4H4ClFN2/c5-4-7-1-3(6)2-8-4/h1-2,4,7H. The molecular formula is C4H4ClFN2. The van der Waals surface area contributed by atoms with E-state index in [1.807, 2.05) is 0 Å². The van der Waals surface area contributed by atoms with E-state index < -0.39 is 11.5 Å². The Hall–Kier alpha value is -0.570. The number of rotatable bonds is 0. The van der Waals surface area contributed by atoms with Gasteiger partial charge in [-0.3, -0.25) is 4.99 Å². The molecule has 1 rings (SSSR count). The van der Waals surface area contributed by atoms with Crippen molar-refractivity contribution in [1.29, 1.82) is 0 Å². The highest BCUT2D eigenvalue weighted by Gasteiger charge is 2.01. The average molecular weight is 135 g/mol. The van der Waals surface area contributed by atoms with Crippen LogP contribution in [0.2, 0.25) is 0 Å². The Morgan fingerprint density at radius 2 is 2.62 bits per heavy atom. The van der Waals surface area contributed by atoms with Crippen LogP contribution < -0.4 is 5.32 Å². The van der Waals surface area contributed by atoms with Crippen LogP contribution in [-0.2, 0) is 0 Å². The molecule has 1 heterocycles. The van der Waals surface area contributed by atoms with Crippen LogP contribution in [0.3, 0.4) is 0 Å². The summed E-state index contributed by atoms with van der Waals surface area (Å²) in [5.74, 6) is -0.401. The fourth-order valence-electron chi connectivity index (χ4n) is 0.365. The SMILES string of the molecule is FC1=CNC(Cl)N=C1. The molecule has 8 heavy (non-hydrogen) atoms. The molecule has 44 valence electrons. The number of alkyl halides is 1. The van der Waals surface area contributed by atoms with Crippen molar-refractivity contribution in [1.82, 2.24) is 5.32 Å². The third-order valence-corrected chi connectivity index (χ3v) is 0.926. The van der Waals surface area contributed by atoms with Crippen molar-refractivity contribution in [3.63, 3.8) is 0 Å². The Morgan fingerprint density at radius 1 is 1.88 bits per heavy atom. The summed E-state index contributed by atoms with van der Waals surface area (Å²) in [5.41, 5.74) is -0.505. The minimum Gasteiger partial charge on any atom is -0.355 e. The molecule has 4 heteroatoms. The molecule has 0 aromatic rings. The van der Waals surface area contributed by atoms with Crippen LogP contribution in [0.1, 0.15) is 0 Å². The van der Waals surface area contributed by atoms with E-state index in [2.05, 4.69) is 10.3 Å². The number of nitrogens with one attached hydrogen (secondary N) is 1. The molecule has 0 amide bonds. The maximum atomic E-state index is 11.9. The Labute approximate surface area is 51.1 Å². The normalized spacial score (nSPS) is 26.8. The van der Waals surface area contributed by atoms with E-state index in [1.54, 1.807) is 0 Å². The van der Waals surface area contributed by atoms with Gasteiger partial charge in [-0.05, 0) is 0 Å². The highest BCUT2D eigenvalue weighted by Crippen LogP contribution is 2.01. The molecule has 0 aliphatic carbocycles. The van der Waals surface area contributed by atoms with Crippen LogP contribution in [0.4, 0.5) is 4.39 Å². The van der Waals surface area contributed by atoms with E-state index in [9.17, 15) is 4.39 Å². The molecule has 0 aromatic carbocycles. The third kappa shape index (κ3) is 1.20. The van der Waals surface area contributed by atoms with Crippen LogP contribution >= 0.6 is 11.6 Å². The topological polar surface area (TPSA) is 24.4 Å². The van der Waals surface area contributed by atoms with Crippen molar-refractivity contribution < 1.29 is 4.39 Å². The number of aliphatic imine (C=N–C) groups is 1. The molecule has 1 unspecified atom stereocenters. The van der Waals surface area contributed by atoms with Gasteiger partial charge in [-0.15, -0.1) is 0 Å². The highest BCUT2D eigenvalue weighted by atomic mass is 35.5. The van der Waals surface area contributed by atoms with E-state index in [-0.39, 0.29) is 0 Å². The van der Waals surface area contributed by atoms with Crippen LogP contribution in [0.25, 0.3) is 0 Å². The number of allylic oxidation sites excluding steroid dienone is 1. The number of nitrogens with zero attached hydrogens (tertiary/aromatic N) is 1. The zero-order valence-electron chi connectivity index (χ0n) is 3.94. The molecule has 1 N–H and O–H groups in total. The minimum absolute atomic E-state index is 0.401. The first-order chi connectivity index (χ1) is 3.79. The van der Waals surface area contributed by atoms with Gasteiger partial charge < -0.3 is 5.32 Å². The lowest BCUT2D eigenvalue weighted by atomic mass is 10.6. The van der Waals surface area contributed by atoms with Gasteiger partial charge in [0.2, 0.25) is 0 Å². The molecule has 0 saturated heterocycles. The van der Waals surface area contributed by atoms with Crippen molar-refractivity contribution in [2.75, 3.05) is 0 Å². The van der Waals surface area contributed by atoms with E-state index in [1.165, 1.54) is 6.20 Å². The number of halogens is 2.